The molecule has 5 heteroatoms. The predicted molar refractivity (Wildman–Crippen MR) is 128 cm³/mol. The number of aliphatic imine (C=N–C) groups is 2. The van der Waals surface area contributed by atoms with Gasteiger partial charge in [-0.3, -0.25) is 9.98 Å². The first kappa shape index (κ1) is 25.9. The van der Waals surface area contributed by atoms with E-state index in [0.29, 0.717) is 12.7 Å². The van der Waals surface area contributed by atoms with Crippen LogP contribution in [-0.2, 0) is 23.5 Å². The summed E-state index contributed by atoms with van der Waals surface area (Å²) in [6.07, 6.45) is 0. The van der Waals surface area contributed by atoms with Crippen molar-refractivity contribution in [3.8, 4) is 0 Å². The molecule has 0 heterocycles. The molecular weight excluding hydrogens is 446 g/mol. The van der Waals surface area contributed by atoms with Crippen molar-refractivity contribution in [2.75, 3.05) is 0 Å². The van der Waals surface area contributed by atoms with Gasteiger partial charge >= 0.3 is 33.0 Å². The summed E-state index contributed by atoms with van der Waals surface area (Å²) < 4.78 is 0. The van der Waals surface area contributed by atoms with Crippen molar-refractivity contribution in [2.45, 2.75) is 66.2 Å². The molecule has 0 radical (unpaired) electrons. The molecule has 0 unspecified atom stereocenters. The Hall–Kier alpha value is -1.15. The first-order valence-corrected chi connectivity index (χ1v) is 12.3. The summed E-state index contributed by atoms with van der Waals surface area (Å²) in [5, 5.41) is 0. The molecule has 0 atom stereocenters. The van der Waals surface area contributed by atoms with Crippen LogP contribution in [0.3, 0.4) is 0 Å². The molecule has 0 saturated carbocycles. The first-order chi connectivity index (χ1) is 13.4. The zero-order chi connectivity index (χ0) is 22.2. The molecule has 0 saturated heterocycles. The Balaban J connectivity index is 0.00000132. The second-order valence-electron chi connectivity index (χ2n) is 8.97. The Kier molecular flexibility index (Phi) is 10.1. The van der Waals surface area contributed by atoms with Crippen LogP contribution in [0.25, 0.3) is 0 Å². The van der Waals surface area contributed by atoms with Gasteiger partial charge in [0.1, 0.15) is 0 Å². The SMILES string of the molecule is CC(=Nc1ccccc1C(C)(C)C)C(C)=Nc1ccccc1C(C)(C)C.[Cl][Ni][Cl]. The molecule has 0 amide bonds. The first-order valence-electron chi connectivity index (χ1n) is 9.54. The van der Waals surface area contributed by atoms with Gasteiger partial charge in [-0.1, -0.05) is 77.9 Å². The standard InChI is InChI=1S/C24H32N2.2ClH.Ni/c1-17(25-21-15-11-9-13-19(21)23(3,4)5)18(2)26-22-16-12-10-14-20(22)24(6,7)8;;;/h9-16H,1-8H3;2*1H;/q;;;+2/p-2. The quantitative estimate of drug-likeness (QED) is 0.312. The molecule has 162 valence electrons. The second kappa shape index (κ2) is 11.3. The zero-order valence-electron chi connectivity index (χ0n) is 18.6. The Morgan fingerprint density at radius 2 is 0.931 bits per heavy atom. The van der Waals surface area contributed by atoms with Crippen molar-refractivity contribution >= 4 is 43.2 Å². The summed E-state index contributed by atoms with van der Waals surface area (Å²) in [6, 6.07) is 16.7. The van der Waals surface area contributed by atoms with Gasteiger partial charge in [0.15, 0.2) is 0 Å². The van der Waals surface area contributed by atoms with Crippen molar-refractivity contribution < 1.29 is 12.7 Å². The van der Waals surface area contributed by atoms with Crippen LogP contribution in [0.15, 0.2) is 58.5 Å². The average molecular weight is 478 g/mol. The van der Waals surface area contributed by atoms with E-state index in [2.05, 4.69) is 77.9 Å². The van der Waals surface area contributed by atoms with E-state index in [4.69, 9.17) is 30.4 Å². The third kappa shape index (κ3) is 8.24. The third-order valence-corrected chi connectivity index (χ3v) is 4.52. The van der Waals surface area contributed by atoms with Crippen LogP contribution in [0.2, 0.25) is 0 Å². The average Bonchev–Trinajstić information content (AvgIpc) is 2.61. The van der Waals surface area contributed by atoms with E-state index >= 15 is 0 Å². The number of halogens is 2. The fraction of sp³-hybridized carbons (Fsp3) is 0.417. The van der Waals surface area contributed by atoms with E-state index in [1.807, 2.05) is 26.0 Å². The van der Waals surface area contributed by atoms with Crippen LogP contribution in [0.4, 0.5) is 11.4 Å². The molecule has 0 spiro atoms. The second-order valence-corrected chi connectivity index (χ2v) is 10.6. The maximum absolute atomic E-state index is 4.90. The van der Waals surface area contributed by atoms with E-state index in [1.165, 1.54) is 11.1 Å². The number of hydrogen-bond acceptors (Lipinski definition) is 2. The van der Waals surface area contributed by atoms with Crippen molar-refractivity contribution in [2.24, 2.45) is 9.98 Å². The molecule has 0 aliphatic heterocycles. The Bertz CT molecular complexity index is 788. The summed E-state index contributed by atoms with van der Waals surface area (Å²) in [6.45, 7) is 17.4. The molecule has 2 rings (SSSR count). The van der Waals surface area contributed by atoms with Gasteiger partial charge < -0.3 is 0 Å². The van der Waals surface area contributed by atoms with Crippen LogP contribution in [0, 0.1) is 0 Å². The van der Waals surface area contributed by atoms with Crippen molar-refractivity contribution in [3.05, 3.63) is 59.7 Å². The molecule has 0 bridgehead atoms. The zero-order valence-corrected chi connectivity index (χ0v) is 21.1. The van der Waals surface area contributed by atoms with E-state index in [0.717, 1.165) is 22.8 Å². The summed E-state index contributed by atoms with van der Waals surface area (Å²) >= 11 is 0.569. The van der Waals surface area contributed by atoms with Crippen molar-refractivity contribution in [1.82, 2.24) is 0 Å². The molecule has 0 aromatic heterocycles. The normalized spacial score (nSPS) is 13.2. The van der Waals surface area contributed by atoms with Gasteiger partial charge in [-0.25, -0.2) is 0 Å². The number of nitrogens with zero attached hydrogens (tertiary/aromatic N) is 2. The molecule has 2 aromatic carbocycles. The van der Waals surface area contributed by atoms with Crippen LogP contribution in [0.1, 0.15) is 66.5 Å². The molecule has 0 N–H and O–H groups in total. The molecule has 0 fully saturated rings. The number of rotatable bonds is 3. The molecule has 29 heavy (non-hydrogen) atoms. The summed E-state index contributed by atoms with van der Waals surface area (Å²) in [5.41, 5.74) is 6.57. The van der Waals surface area contributed by atoms with Gasteiger partial charge in [-0.2, -0.15) is 0 Å². The molecule has 0 aliphatic carbocycles. The number of hydrogen-bond donors (Lipinski definition) is 0. The molecule has 2 nitrogen and oxygen atoms in total. The minimum absolute atomic E-state index is 0.0598. The molecule has 2 aromatic rings. The molecular formula is C24H32Cl2N2Ni. The summed E-state index contributed by atoms with van der Waals surface area (Å²) in [5.74, 6) is 0. The predicted octanol–water partition coefficient (Wildman–Crippen LogP) is 8.54. The van der Waals surface area contributed by atoms with Gasteiger partial charge in [-0.15, -0.1) is 0 Å². The number of benzene rings is 2. The van der Waals surface area contributed by atoms with Crippen molar-refractivity contribution in [1.29, 1.82) is 0 Å². The monoisotopic (exact) mass is 476 g/mol. The third-order valence-electron chi connectivity index (χ3n) is 4.52. The van der Waals surface area contributed by atoms with Crippen LogP contribution >= 0.6 is 20.4 Å². The fourth-order valence-electron chi connectivity index (χ4n) is 2.93. The van der Waals surface area contributed by atoms with Crippen LogP contribution in [0.5, 0.6) is 0 Å². The molecule has 0 aliphatic rings. The Morgan fingerprint density at radius 1 is 0.655 bits per heavy atom. The summed E-state index contributed by atoms with van der Waals surface area (Å²) in [4.78, 5) is 9.80. The van der Waals surface area contributed by atoms with Gasteiger partial charge in [0.25, 0.3) is 0 Å². The van der Waals surface area contributed by atoms with Gasteiger partial charge in [0.2, 0.25) is 0 Å². The van der Waals surface area contributed by atoms with Crippen molar-refractivity contribution in [3.63, 3.8) is 0 Å². The van der Waals surface area contributed by atoms with E-state index in [-0.39, 0.29) is 10.8 Å². The van der Waals surface area contributed by atoms with Gasteiger partial charge in [0.05, 0.1) is 22.8 Å². The van der Waals surface area contributed by atoms with Gasteiger partial charge in [-0.05, 0) is 47.9 Å². The number of para-hydroxylation sites is 2. The summed E-state index contributed by atoms with van der Waals surface area (Å²) in [7, 11) is 9.40. The van der Waals surface area contributed by atoms with Crippen LogP contribution in [-0.4, -0.2) is 11.4 Å². The van der Waals surface area contributed by atoms with Crippen LogP contribution < -0.4 is 0 Å². The topological polar surface area (TPSA) is 24.7 Å². The fourth-order valence-corrected chi connectivity index (χ4v) is 2.93. The minimum atomic E-state index is 0.0598. The van der Waals surface area contributed by atoms with E-state index in [9.17, 15) is 0 Å². The Labute approximate surface area is 191 Å². The maximum atomic E-state index is 4.90. The van der Waals surface area contributed by atoms with Gasteiger partial charge in [0, 0.05) is 0 Å². The van der Waals surface area contributed by atoms with E-state index < -0.39 is 0 Å². The Morgan fingerprint density at radius 3 is 1.21 bits per heavy atom. The van der Waals surface area contributed by atoms with E-state index in [1.54, 1.807) is 0 Å².